The first-order valence-corrected chi connectivity index (χ1v) is 5.41. The minimum atomic E-state index is -0.0295. The predicted molar refractivity (Wildman–Crippen MR) is 54.0 cm³/mol. The summed E-state index contributed by atoms with van der Waals surface area (Å²) in [6, 6.07) is 0.445. The fourth-order valence-corrected chi connectivity index (χ4v) is 2.02. The average molecular weight is 200 g/mol. The van der Waals surface area contributed by atoms with Crippen LogP contribution in [0.1, 0.15) is 20.3 Å². The van der Waals surface area contributed by atoms with Gasteiger partial charge in [-0.25, -0.2) is 10.4 Å². The minimum Gasteiger partial charge on any atom is -0.379 e. The zero-order valence-corrected chi connectivity index (χ0v) is 9.08. The Kier molecular flexibility index (Phi) is 3.07. The zero-order valence-electron chi connectivity index (χ0n) is 9.08. The number of nitrogens with one attached hydrogen (secondary N) is 1. The van der Waals surface area contributed by atoms with Gasteiger partial charge in [-0.2, -0.15) is 0 Å². The summed E-state index contributed by atoms with van der Waals surface area (Å²) in [6.45, 7) is 8.80. The lowest BCUT2D eigenvalue weighted by Gasteiger charge is -2.34. The van der Waals surface area contributed by atoms with Crippen molar-refractivity contribution in [3.63, 3.8) is 0 Å². The Morgan fingerprint density at radius 2 is 1.93 bits per heavy atom. The number of morpholine rings is 1. The van der Waals surface area contributed by atoms with Crippen molar-refractivity contribution < 1.29 is 9.47 Å². The lowest BCUT2D eigenvalue weighted by molar-refractivity contribution is -0.0289. The first-order chi connectivity index (χ1) is 6.68. The molecule has 0 aromatic heterocycles. The van der Waals surface area contributed by atoms with Crippen molar-refractivity contribution >= 4 is 0 Å². The van der Waals surface area contributed by atoms with E-state index in [0.717, 1.165) is 39.3 Å². The van der Waals surface area contributed by atoms with Gasteiger partial charge in [-0.1, -0.05) is 0 Å². The number of nitrogens with zero attached hydrogens (tertiary/aromatic N) is 1. The van der Waals surface area contributed by atoms with Crippen LogP contribution in [0.15, 0.2) is 0 Å². The Balaban J connectivity index is 1.83. The van der Waals surface area contributed by atoms with Gasteiger partial charge in [0.2, 0.25) is 0 Å². The van der Waals surface area contributed by atoms with E-state index in [-0.39, 0.29) is 5.60 Å². The molecule has 4 nitrogen and oxygen atoms in total. The van der Waals surface area contributed by atoms with Crippen LogP contribution in [-0.2, 0) is 9.47 Å². The monoisotopic (exact) mass is 200 g/mol. The van der Waals surface area contributed by atoms with E-state index in [9.17, 15) is 0 Å². The van der Waals surface area contributed by atoms with E-state index in [1.54, 1.807) is 0 Å². The van der Waals surface area contributed by atoms with Gasteiger partial charge in [0.05, 0.1) is 24.9 Å². The molecule has 2 aliphatic heterocycles. The summed E-state index contributed by atoms with van der Waals surface area (Å²) in [5.74, 6) is 0. The number of ether oxygens (including phenoxy) is 2. The number of hydrogen-bond acceptors (Lipinski definition) is 4. The van der Waals surface area contributed by atoms with Crippen LogP contribution in [-0.4, -0.2) is 49.6 Å². The maximum atomic E-state index is 5.67. The summed E-state index contributed by atoms with van der Waals surface area (Å²) in [5, 5.41) is 2.25. The molecular weight excluding hydrogens is 180 g/mol. The molecule has 2 rings (SSSR count). The standard InChI is InChI=1S/C10H20N2O2/c1-10(2)9(3-6-14-10)11-12-4-7-13-8-5-12/h9,11H,3-8H2,1-2H3. The van der Waals surface area contributed by atoms with Crippen LogP contribution in [0.2, 0.25) is 0 Å². The van der Waals surface area contributed by atoms with Crippen molar-refractivity contribution in [2.24, 2.45) is 0 Å². The van der Waals surface area contributed by atoms with Crippen molar-refractivity contribution in [1.82, 2.24) is 10.4 Å². The topological polar surface area (TPSA) is 33.7 Å². The van der Waals surface area contributed by atoms with Crippen molar-refractivity contribution in [3.05, 3.63) is 0 Å². The Hall–Kier alpha value is -0.160. The van der Waals surface area contributed by atoms with Crippen molar-refractivity contribution in [2.75, 3.05) is 32.9 Å². The Bertz CT molecular complexity index is 191. The maximum Gasteiger partial charge on any atom is 0.0793 e. The first kappa shape index (κ1) is 10.4. The molecule has 0 aliphatic carbocycles. The molecule has 0 saturated carbocycles. The van der Waals surface area contributed by atoms with Gasteiger partial charge >= 0.3 is 0 Å². The molecule has 2 saturated heterocycles. The summed E-state index contributed by atoms with van der Waals surface area (Å²) in [6.07, 6.45) is 1.10. The van der Waals surface area contributed by atoms with E-state index in [0.29, 0.717) is 6.04 Å². The minimum absolute atomic E-state index is 0.0295. The molecule has 1 unspecified atom stereocenters. The predicted octanol–water partition coefficient (Wildman–Crippen LogP) is 0.391. The molecule has 2 fully saturated rings. The van der Waals surface area contributed by atoms with Gasteiger partial charge in [-0.05, 0) is 20.3 Å². The summed E-state index contributed by atoms with van der Waals surface area (Å²) in [5.41, 5.74) is 3.51. The largest absolute Gasteiger partial charge is 0.379 e. The molecular formula is C10H20N2O2. The van der Waals surface area contributed by atoms with Crippen molar-refractivity contribution in [2.45, 2.75) is 31.9 Å². The highest BCUT2D eigenvalue weighted by Crippen LogP contribution is 2.25. The molecule has 2 heterocycles. The molecule has 1 atom stereocenters. The van der Waals surface area contributed by atoms with E-state index in [1.807, 2.05) is 0 Å². The zero-order chi connectivity index (χ0) is 10.0. The molecule has 0 aromatic carbocycles. The molecule has 4 heteroatoms. The Morgan fingerprint density at radius 1 is 1.21 bits per heavy atom. The highest BCUT2D eigenvalue weighted by Gasteiger charge is 2.36. The Morgan fingerprint density at radius 3 is 2.50 bits per heavy atom. The second-order valence-corrected chi connectivity index (χ2v) is 4.52. The normalized spacial score (nSPS) is 33.4. The van der Waals surface area contributed by atoms with Gasteiger partial charge < -0.3 is 9.47 Å². The fourth-order valence-electron chi connectivity index (χ4n) is 2.02. The smallest absolute Gasteiger partial charge is 0.0793 e. The van der Waals surface area contributed by atoms with Gasteiger partial charge in [-0.15, -0.1) is 0 Å². The molecule has 14 heavy (non-hydrogen) atoms. The van der Waals surface area contributed by atoms with Crippen LogP contribution in [0.3, 0.4) is 0 Å². The maximum absolute atomic E-state index is 5.67. The molecule has 82 valence electrons. The number of rotatable bonds is 2. The molecule has 0 spiro atoms. The highest BCUT2D eigenvalue weighted by molar-refractivity contribution is 4.89. The lowest BCUT2D eigenvalue weighted by Crippen LogP contribution is -2.55. The van der Waals surface area contributed by atoms with E-state index >= 15 is 0 Å². The van der Waals surface area contributed by atoms with Gasteiger partial charge in [-0.3, -0.25) is 0 Å². The number of hydrogen-bond donors (Lipinski definition) is 1. The molecule has 0 aromatic rings. The third kappa shape index (κ3) is 2.25. The highest BCUT2D eigenvalue weighted by atomic mass is 16.5. The molecule has 0 bridgehead atoms. The molecule has 0 amide bonds. The second kappa shape index (κ2) is 4.14. The van der Waals surface area contributed by atoms with Crippen molar-refractivity contribution in [3.8, 4) is 0 Å². The third-order valence-corrected chi connectivity index (χ3v) is 3.07. The summed E-state index contributed by atoms with van der Waals surface area (Å²) < 4.78 is 11.0. The van der Waals surface area contributed by atoms with Crippen LogP contribution in [0.25, 0.3) is 0 Å². The molecule has 0 radical (unpaired) electrons. The van der Waals surface area contributed by atoms with Crippen LogP contribution in [0, 0.1) is 0 Å². The summed E-state index contributed by atoms with van der Waals surface area (Å²) in [7, 11) is 0. The molecule has 1 N–H and O–H groups in total. The van der Waals surface area contributed by atoms with E-state index in [4.69, 9.17) is 9.47 Å². The van der Waals surface area contributed by atoms with Gasteiger partial charge in [0.25, 0.3) is 0 Å². The quantitative estimate of drug-likeness (QED) is 0.699. The average Bonchev–Trinajstić information content (AvgIpc) is 2.48. The van der Waals surface area contributed by atoms with E-state index < -0.39 is 0 Å². The third-order valence-electron chi connectivity index (χ3n) is 3.07. The van der Waals surface area contributed by atoms with Gasteiger partial charge in [0, 0.05) is 19.7 Å². The van der Waals surface area contributed by atoms with Crippen LogP contribution in [0.4, 0.5) is 0 Å². The van der Waals surface area contributed by atoms with Gasteiger partial charge in [0.15, 0.2) is 0 Å². The SMILES string of the molecule is CC1(C)OCCC1NN1CCOCC1. The van der Waals surface area contributed by atoms with Gasteiger partial charge in [0.1, 0.15) is 0 Å². The van der Waals surface area contributed by atoms with Crippen LogP contribution < -0.4 is 5.43 Å². The summed E-state index contributed by atoms with van der Waals surface area (Å²) in [4.78, 5) is 0. The van der Waals surface area contributed by atoms with E-state index in [1.165, 1.54) is 0 Å². The molecule has 2 aliphatic rings. The van der Waals surface area contributed by atoms with Crippen LogP contribution >= 0.6 is 0 Å². The Labute approximate surface area is 85.5 Å². The van der Waals surface area contributed by atoms with E-state index in [2.05, 4.69) is 24.3 Å². The first-order valence-electron chi connectivity index (χ1n) is 5.41. The fraction of sp³-hybridized carbons (Fsp3) is 1.00. The van der Waals surface area contributed by atoms with Crippen LogP contribution in [0.5, 0.6) is 0 Å². The lowest BCUT2D eigenvalue weighted by atomic mass is 10.00. The second-order valence-electron chi connectivity index (χ2n) is 4.52. The summed E-state index contributed by atoms with van der Waals surface area (Å²) >= 11 is 0. The number of hydrazine groups is 1. The van der Waals surface area contributed by atoms with Crippen molar-refractivity contribution in [1.29, 1.82) is 0 Å².